The molecule has 2 amide bonds. The Morgan fingerprint density at radius 1 is 1.37 bits per heavy atom. The largest absolute Gasteiger partial charge is 0.481 e. The maximum absolute atomic E-state index is 12.6. The van der Waals surface area contributed by atoms with E-state index in [-0.39, 0.29) is 23.9 Å². The van der Waals surface area contributed by atoms with Crippen molar-refractivity contribution >= 4 is 11.8 Å². The number of rotatable bonds is 7. The van der Waals surface area contributed by atoms with Crippen LogP contribution in [0.2, 0.25) is 0 Å². The zero-order chi connectivity index (χ0) is 19.2. The Hall–Kier alpha value is -2.94. The second-order valence-corrected chi connectivity index (χ2v) is 6.37. The number of ether oxygens (including phenoxy) is 1. The van der Waals surface area contributed by atoms with Crippen molar-refractivity contribution in [2.24, 2.45) is 0 Å². The van der Waals surface area contributed by atoms with Gasteiger partial charge in [0.25, 0.3) is 5.91 Å². The standard InChI is InChI=1S/C18H24N6O3/c1-3-19-18(26)14-9-13(10-24(14)11-15-20-6-7-21-15)23-17(25)12-4-5-22-16(8-12)27-2/h4-8,13-14H,3,9-11H2,1-2H3,(H,19,26)(H,20,21)(H,23,25)/t13-,14+/m1/s1. The van der Waals surface area contributed by atoms with Gasteiger partial charge in [-0.05, 0) is 19.4 Å². The number of aromatic amines is 1. The Kier molecular flexibility index (Phi) is 6.02. The van der Waals surface area contributed by atoms with Crippen molar-refractivity contribution in [3.05, 3.63) is 42.1 Å². The van der Waals surface area contributed by atoms with Gasteiger partial charge in [-0.2, -0.15) is 0 Å². The van der Waals surface area contributed by atoms with Crippen molar-refractivity contribution in [2.75, 3.05) is 20.2 Å². The van der Waals surface area contributed by atoms with Crippen molar-refractivity contribution in [1.82, 2.24) is 30.5 Å². The first-order valence-electron chi connectivity index (χ1n) is 8.91. The van der Waals surface area contributed by atoms with Crippen LogP contribution in [0.4, 0.5) is 0 Å². The number of aromatic nitrogens is 3. The van der Waals surface area contributed by atoms with Crippen molar-refractivity contribution in [2.45, 2.75) is 32.0 Å². The molecule has 0 spiro atoms. The zero-order valence-electron chi connectivity index (χ0n) is 15.4. The molecule has 1 saturated heterocycles. The van der Waals surface area contributed by atoms with Gasteiger partial charge >= 0.3 is 0 Å². The molecule has 9 heteroatoms. The van der Waals surface area contributed by atoms with Crippen LogP contribution in [0.3, 0.4) is 0 Å². The molecule has 1 fully saturated rings. The molecule has 0 bridgehead atoms. The molecule has 2 aromatic rings. The van der Waals surface area contributed by atoms with E-state index in [1.807, 2.05) is 11.8 Å². The topological polar surface area (TPSA) is 112 Å². The lowest BCUT2D eigenvalue weighted by molar-refractivity contribution is -0.125. The molecule has 27 heavy (non-hydrogen) atoms. The molecule has 3 rings (SSSR count). The van der Waals surface area contributed by atoms with E-state index in [0.717, 1.165) is 5.82 Å². The molecule has 144 valence electrons. The van der Waals surface area contributed by atoms with Crippen molar-refractivity contribution in [3.63, 3.8) is 0 Å². The number of hydrogen-bond acceptors (Lipinski definition) is 6. The molecule has 1 aliphatic heterocycles. The summed E-state index contributed by atoms with van der Waals surface area (Å²) in [6.45, 7) is 3.54. The van der Waals surface area contributed by atoms with Gasteiger partial charge in [0.2, 0.25) is 11.8 Å². The minimum atomic E-state index is -0.313. The van der Waals surface area contributed by atoms with Gasteiger partial charge in [0.15, 0.2) is 0 Å². The van der Waals surface area contributed by atoms with E-state index in [0.29, 0.717) is 37.5 Å². The minimum absolute atomic E-state index is 0.0358. The van der Waals surface area contributed by atoms with Gasteiger partial charge in [0.1, 0.15) is 5.82 Å². The fraction of sp³-hybridized carbons (Fsp3) is 0.444. The molecule has 0 radical (unpaired) electrons. The van der Waals surface area contributed by atoms with E-state index in [2.05, 4.69) is 25.6 Å². The summed E-state index contributed by atoms with van der Waals surface area (Å²) in [6, 6.07) is 2.77. The molecule has 0 unspecified atom stereocenters. The summed E-state index contributed by atoms with van der Waals surface area (Å²) in [7, 11) is 1.50. The first kappa shape index (κ1) is 18.8. The van der Waals surface area contributed by atoms with Crippen LogP contribution < -0.4 is 15.4 Å². The van der Waals surface area contributed by atoms with Gasteiger partial charge in [0, 0.05) is 49.4 Å². The summed E-state index contributed by atoms with van der Waals surface area (Å²) in [5.41, 5.74) is 0.473. The monoisotopic (exact) mass is 372 g/mol. The molecular weight excluding hydrogens is 348 g/mol. The maximum atomic E-state index is 12.6. The number of methoxy groups -OCH3 is 1. The third-order valence-corrected chi connectivity index (χ3v) is 4.51. The Labute approximate surface area is 157 Å². The van der Waals surface area contributed by atoms with Gasteiger partial charge in [-0.3, -0.25) is 14.5 Å². The zero-order valence-corrected chi connectivity index (χ0v) is 15.4. The molecule has 1 aliphatic rings. The van der Waals surface area contributed by atoms with Gasteiger partial charge in [0.05, 0.1) is 19.7 Å². The number of nitrogens with zero attached hydrogens (tertiary/aromatic N) is 3. The fourth-order valence-electron chi connectivity index (χ4n) is 3.26. The van der Waals surface area contributed by atoms with Crippen LogP contribution in [0.15, 0.2) is 30.7 Å². The highest BCUT2D eigenvalue weighted by atomic mass is 16.5. The number of imidazole rings is 1. The average molecular weight is 372 g/mol. The van der Waals surface area contributed by atoms with E-state index >= 15 is 0 Å². The van der Waals surface area contributed by atoms with Crippen LogP contribution in [-0.4, -0.2) is 63.9 Å². The molecular formula is C18H24N6O3. The van der Waals surface area contributed by atoms with Crippen molar-refractivity contribution < 1.29 is 14.3 Å². The summed E-state index contributed by atoms with van der Waals surface area (Å²) in [4.78, 5) is 38.3. The molecule has 2 aromatic heterocycles. The van der Waals surface area contributed by atoms with Crippen LogP contribution in [0, 0.1) is 0 Å². The number of hydrogen-bond donors (Lipinski definition) is 3. The van der Waals surface area contributed by atoms with Crippen molar-refractivity contribution in [3.8, 4) is 5.88 Å². The number of nitrogens with one attached hydrogen (secondary N) is 3. The highest BCUT2D eigenvalue weighted by Gasteiger charge is 2.37. The highest BCUT2D eigenvalue weighted by molar-refractivity contribution is 5.94. The molecule has 2 atom stereocenters. The van der Waals surface area contributed by atoms with E-state index in [4.69, 9.17) is 4.74 Å². The van der Waals surface area contributed by atoms with E-state index in [1.165, 1.54) is 13.3 Å². The normalized spacial score (nSPS) is 19.6. The lowest BCUT2D eigenvalue weighted by atomic mass is 10.1. The lowest BCUT2D eigenvalue weighted by Crippen LogP contribution is -2.42. The van der Waals surface area contributed by atoms with Gasteiger partial charge in [-0.15, -0.1) is 0 Å². The maximum Gasteiger partial charge on any atom is 0.251 e. The summed E-state index contributed by atoms with van der Waals surface area (Å²) in [5.74, 6) is 0.922. The fourth-order valence-corrected chi connectivity index (χ4v) is 3.26. The summed E-state index contributed by atoms with van der Waals surface area (Å²) in [6.07, 6.45) is 5.51. The Balaban J connectivity index is 1.68. The number of amides is 2. The molecule has 0 saturated carbocycles. The third kappa shape index (κ3) is 4.62. The summed E-state index contributed by atoms with van der Waals surface area (Å²) < 4.78 is 5.06. The first-order chi connectivity index (χ1) is 13.1. The van der Waals surface area contributed by atoms with E-state index in [9.17, 15) is 9.59 Å². The number of pyridine rings is 1. The molecule has 0 aliphatic carbocycles. The second kappa shape index (κ2) is 8.63. The van der Waals surface area contributed by atoms with E-state index in [1.54, 1.807) is 24.5 Å². The van der Waals surface area contributed by atoms with Gasteiger partial charge in [-0.25, -0.2) is 9.97 Å². The summed E-state index contributed by atoms with van der Waals surface area (Å²) >= 11 is 0. The second-order valence-electron chi connectivity index (χ2n) is 6.37. The number of carbonyl (C=O) groups is 2. The first-order valence-corrected chi connectivity index (χ1v) is 8.91. The van der Waals surface area contributed by atoms with Gasteiger partial charge < -0.3 is 20.4 Å². The number of H-pyrrole nitrogens is 1. The summed E-state index contributed by atoms with van der Waals surface area (Å²) in [5, 5.41) is 5.88. The predicted molar refractivity (Wildman–Crippen MR) is 98.1 cm³/mol. The van der Waals surface area contributed by atoms with Gasteiger partial charge in [-0.1, -0.05) is 0 Å². The predicted octanol–water partition coefficient (Wildman–Crippen LogP) is 0.322. The van der Waals surface area contributed by atoms with E-state index < -0.39 is 0 Å². The number of likely N-dealkylation sites (N-methyl/N-ethyl adjacent to an activating group) is 1. The third-order valence-electron chi connectivity index (χ3n) is 4.51. The molecule has 3 heterocycles. The van der Waals surface area contributed by atoms with Crippen molar-refractivity contribution in [1.29, 1.82) is 0 Å². The van der Waals surface area contributed by atoms with Crippen LogP contribution in [0.25, 0.3) is 0 Å². The van der Waals surface area contributed by atoms with Crippen LogP contribution in [-0.2, 0) is 11.3 Å². The minimum Gasteiger partial charge on any atom is -0.481 e. The number of carbonyl (C=O) groups excluding carboxylic acids is 2. The molecule has 0 aromatic carbocycles. The Bertz CT molecular complexity index is 779. The van der Waals surface area contributed by atoms with Crippen LogP contribution in [0.1, 0.15) is 29.5 Å². The average Bonchev–Trinajstić information content (AvgIpc) is 3.32. The molecule has 3 N–H and O–H groups in total. The van der Waals surface area contributed by atoms with Crippen LogP contribution >= 0.6 is 0 Å². The van der Waals surface area contributed by atoms with Crippen LogP contribution in [0.5, 0.6) is 5.88 Å². The quantitative estimate of drug-likeness (QED) is 0.645. The Morgan fingerprint density at radius 3 is 2.93 bits per heavy atom. The Morgan fingerprint density at radius 2 is 2.22 bits per heavy atom. The molecule has 9 nitrogen and oxygen atoms in total. The SMILES string of the molecule is CCNC(=O)[C@@H]1C[C@@H](NC(=O)c2ccnc(OC)c2)CN1Cc1ncc[nH]1. The smallest absolute Gasteiger partial charge is 0.251 e. The number of likely N-dealkylation sites (tertiary alicyclic amines) is 1. The lowest BCUT2D eigenvalue weighted by Gasteiger charge is -2.22. The highest BCUT2D eigenvalue weighted by Crippen LogP contribution is 2.21.